The van der Waals surface area contributed by atoms with E-state index in [0.717, 1.165) is 6.61 Å². The van der Waals surface area contributed by atoms with Crippen LogP contribution < -0.4 is 0 Å². The number of rotatable bonds is 3. The van der Waals surface area contributed by atoms with Crippen molar-refractivity contribution in [3.8, 4) is 0 Å². The van der Waals surface area contributed by atoms with Crippen molar-refractivity contribution in [1.29, 1.82) is 0 Å². The molecule has 0 aromatic heterocycles. The molecule has 0 atom stereocenters. The van der Waals surface area contributed by atoms with Gasteiger partial charge in [-0.2, -0.15) is 0 Å². The summed E-state index contributed by atoms with van der Waals surface area (Å²) in [5.41, 5.74) is 4.03. The molecule has 0 heterocycles. The number of ether oxygens (including phenoxy) is 1. The average molecular weight is 204 g/mol. The Bertz CT molecular complexity index is 324. The molecule has 0 unspecified atom stereocenters. The van der Waals surface area contributed by atoms with Crippen molar-refractivity contribution in [2.75, 3.05) is 0 Å². The molecule has 0 saturated heterocycles. The van der Waals surface area contributed by atoms with Crippen LogP contribution in [0.4, 0.5) is 0 Å². The molecule has 0 spiro atoms. The van der Waals surface area contributed by atoms with Crippen molar-refractivity contribution in [2.24, 2.45) is 0 Å². The molecule has 1 heteroatoms. The second-order valence-corrected chi connectivity index (χ2v) is 4.65. The highest BCUT2D eigenvalue weighted by Gasteiger charge is 2.15. The van der Waals surface area contributed by atoms with Gasteiger partial charge in [-0.05, 0) is 37.8 Å². The highest BCUT2D eigenvalue weighted by Crippen LogP contribution is 2.22. The van der Waals surface area contributed by atoms with Gasteiger partial charge in [0.1, 0.15) is 0 Å². The number of hydrogen-bond donors (Lipinski definition) is 0. The fourth-order valence-electron chi connectivity index (χ4n) is 2.27. The predicted octanol–water partition coefficient (Wildman–Crippen LogP) is 3.76. The van der Waals surface area contributed by atoms with E-state index in [1.54, 1.807) is 0 Å². The molecule has 82 valence electrons. The highest BCUT2D eigenvalue weighted by atomic mass is 16.5. The van der Waals surface area contributed by atoms with Gasteiger partial charge in [0.2, 0.25) is 0 Å². The molecule has 0 amide bonds. The van der Waals surface area contributed by atoms with Crippen LogP contribution in [-0.4, -0.2) is 6.10 Å². The van der Waals surface area contributed by atoms with E-state index in [1.807, 2.05) is 0 Å². The normalized spacial score (nSPS) is 17.2. The Kier molecular flexibility index (Phi) is 3.42. The second kappa shape index (κ2) is 4.80. The summed E-state index contributed by atoms with van der Waals surface area (Å²) >= 11 is 0. The van der Waals surface area contributed by atoms with Crippen LogP contribution in [0.15, 0.2) is 18.2 Å². The van der Waals surface area contributed by atoms with Crippen molar-refractivity contribution < 1.29 is 4.74 Å². The Hall–Kier alpha value is -0.820. The van der Waals surface area contributed by atoms with E-state index in [-0.39, 0.29) is 0 Å². The molecule has 2 rings (SSSR count). The number of hydrogen-bond acceptors (Lipinski definition) is 1. The fraction of sp³-hybridized carbons (Fsp3) is 0.571. The van der Waals surface area contributed by atoms with Crippen molar-refractivity contribution in [3.05, 3.63) is 34.9 Å². The SMILES string of the molecule is Cc1ccc(COC2CCCC2)c(C)c1. The average Bonchev–Trinajstić information content (AvgIpc) is 2.69. The van der Waals surface area contributed by atoms with Crippen LogP contribution in [0.2, 0.25) is 0 Å². The van der Waals surface area contributed by atoms with Gasteiger partial charge >= 0.3 is 0 Å². The monoisotopic (exact) mass is 204 g/mol. The van der Waals surface area contributed by atoms with E-state index in [4.69, 9.17) is 4.74 Å². The molecule has 1 aliphatic rings. The summed E-state index contributed by atoms with van der Waals surface area (Å²) in [5, 5.41) is 0. The molecule has 1 aromatic rings. The molecule has 1 nitrogen and oxygen atoms in total. The van der Waals surface area contributed by atoms with Gasteiger partial charge in [-0.15, -0.1) is 0 Å². The lowest BCUT2D eigenvalue weighted by molar-refractivity contribution is 0.0454. The number of benzene rings is 1. The van der Waals surface area contributed by atoms with Gasteiger partial charge in [-0.3, -0.25) is 0 Å². The number of aryl methyl sites for hydroxylation is 2. The van der Waals surface area contributed by atoms with Crippen molar-refractivity contribution in [1.82, 2.24) is 0 Å². The zero-order valence-electron chi connectivity index (χ0n) is 9.75. The van der Waals surface area contributed by atoms with Crippen molar-refractivity contribution in [3.63, 3.8) is 0 Å². The summed E-state index contributed by atoms with van der Waals surface area (Å²) in [6, 6.07) is 6.59. The lowest BCUT2D eigenvalue weighted by Gasteiger charge is -2.12. The predicted molar refractivity (Wildman–Crippen MR) is 63.0 cm³/mol. The van der Waals surface area contributed by atoms with E-state index in [1.165, 1.54) is 42.4 Å². The van der Waals surface area contributed by atoms with Crippen LogP contribution in [-0.2, 0) is 11.3 Å². The minimum absolute atomic E-state index is 0.519. The maximum atomic E-state index is 5.91. The first-order valence-corrected chi connectivity index (χ1v) is 5.93. The standard InChI is InChI=1S/C14H20O/c1-11-7-8-13(12(2)9-11)10-15-14-5-3-4-6-14/h7-9,14H,3-6,10H2,1-2H3. The van der Waals surface area contributed by atoms with Gasteiger partial charge in [0, 0.05) is 0 Å². The van der Waals surface area contributed by atoms with E-state index in [0.29, 0.717) is 6.10 Å². The molecular formula is C14H20O. The maximum Gasteiger partial charge on any atom is 0.0723 e. The Morgan fingerprint density at radius 1 is 1.20 bits per heavy atom. The zero-order chi connectivity index (χ0) is 10.7. The lowest BCUT2D eigenvalue weighted by atomic mass is 10.1. The molecule has 1 fully saturated rings. The first-order valence-electron chi connectivity index (χ1n) is 5.93. The van der Waals surface area contributed by atoms with Gasteiger partial charge < -0.3 is 4.74 Å². The first kappa shape index (κ1) is 10.7. The quantitative estimate of drug-likeness (QED) is 0.728. The minimum Gasteiger partial charge on any atom is -0.374 e. The van der Waals surface area contributed by atoms with E-state index in [2.05, 4.69) is 32.0 Å². The minimum atomic E-state index is 0.519. The van der Waals surface area contributed by atoms with E-state index < -0.39 is 0 Å². The molecule has 0 aliphatic heterocycles. The van der Waals surface area contributed by atoms with Gasteiger partial charge in [0.25, 0.3) is 0 Å². The van der Waals surface area contributed by atoms with Gasteiger partial charge in [-0.25, -0.2) is 0 Å². The Balaban J connectivity index is 1.92. The lowest BCUT2D eigenvalue weighted by Crippen LogP contribution is -2.07. The van der Waals surface area contributed by atoms with Crippen molar-refractivity contribution >= 4 is 0 Å². The maximum absolute atomic E-state index is 5.91. The third-order valence-electron chi connectivity index (χ3n) is 3.27. The van der Waals surface area contributed by atoms with Gasteiger partial charge in [-0.1, -0.05) is 36.6 Å². The third-order valence-corrected chi connectivity index (χ3v) is 3.27. The van der Waals surface area contributed by atoms with Gasteiger partial charge in [0.15, 0.2) is 0 Å². The van der Waals surface area contributed by atoms with Crippen molar-refractivity contribution in [2.45, 2.75) is 52.2 Å². The summed E-state index contributed by atoms with van der Waals surface area (Å²) < 4.78 is 5.91. The Labute approximate surface area is 92.5 Å². The van der Waals surface area contributed by atoms with E-state index in [9.17, 15) is 0 Å². The summed E-state index contributed by atoms with van der Waals surface area (Å²) in [5.74, 6) is 0. The Morgan fingerprint density at radius 2 is 1.93 bits per heavy atom. The second-order valence-electron chi connectivity index (χ2n) is 4.65. The van der Waals surface area contributed by atoms with Crippen LogP contribution in [0.25, 0.3) is 0 Å². The van der Waals surface area contributed by atoms with E-state index >= 15 is 0 Å². The smallest absolute Gasteiger partial charge is 0.0723 e. The summed E-state index contributed by atoms with van der Waals surface area (Å²) in [6.45, 7) is 5.09. The largest absolute Gasteiger partial charge is 0.374 e. The summed E-state index contributed by atoms with van der Waals surface area (Å²) in [4.78, 5) is 0. The molecule has 0 N–H and O–H groups in total. The highest BCUT2D eigenvalue weighted by molar-refractivity contribution is 5.29. The summed E-state index contributed by atoms with van der Waals surface area (Å²) in [6.07, 6.45) is 5.72. The topological polar surface area (TPSA) is 9.23 Å². The fourth-order valence-corrected chi connectivity index (χ4v) is 2.27. The molecule has 1 aliphatic carbocycles. The van der Waals surface area contributed by atoms with Crippen LogP contribution in [0, 0.1) is 13.8 Å². The van der Waals surface area contributed by atoms with Gasteiger partial charge in [0.05, 0.1) is 12.7 Å². The molecular weight excluding hydrogens is 184 g/mol. The molecule has 0 bridgehead atoms. The van der Waals surface area contributed by atoms with Crippen LogP contribution >= 0.6 is 0 Å². The van der Waals surface area contributed by atoms with Crippen LogP contribution in [0.3, 0.4) is 0 Å². The Morgan fingerprint density at radius 3 is 2.60 bits per heavy atom. The summed E-state index contributed by atoms with van der Waals surface area (Å²) in [7, 11) is 0. The molecule has 15 heavy (non-hydrogen) atoms. The molecule has 1 saturated carbocycles. The molecule has 0 radical (unpaired) electrons. The zero-order valence-corrected chi connectivity index (χ0v) is 9.75. The first-order chi connectivity index (χ1) is 7.25. The van der Waals surface area contributed by atoms with Crippen LogP contribution in [0.5, 0.6) is 0 Å². The third kappa shape index (κ3) is 2.82. The van der Waals surface area contributed by atoms with Crippen LogP contribution in [0.1, 0.15) is 42.4 Å². The molecule has 1 aromatic carbocycles.